The second kappa shape index (κ2) is 8.44. The standard InChI is InChI=1S/C16H21N3OS/c1-20-12-14-6-3-2-5-13(14)11-19-16(17)18-9-8-15-7-4-10-21-15/h2-7,10H,8-9,11-12H2,1H3,(H3,17,18,19). The van der Waals surface area contributed by atoms with Gasteiger partial charge in [-0.25, -0.2) is 4.99 Å². The molecule has 2 rings (SSSR count). The number of nitrogens with zero attached hydrogens (tertiary/aromatic N) is 1. The summed E-state index contributed by atoms with van der Waals surface area (Å²) in [5.74, 6) is 0.485. The fourth-order valence-electron chi connectivity index (χ4n) is 2.00. The van der Waals surface area contributed by atoms with Crippen molar-refractivity contribution in [2.75, 3.05) is 13.7 Å². The van der Waals surface area contributed by atoms with Crippen LogP contribution in [0.1, 0.15) is 16.0 Å². The fraction of sp³-hybridized carbons (Fsp3) is 0.312. The van der Waals surface area contributed by atoms with E-state index in [1.807, 2.05) is 12.1 Å². The van der Waals surface area contributed by atoms with E-state index in [1.165, 1.54) is 4.88 Å². The smallest absolute Gasteiger partial charge is 0.188 e. The van der Waals surface area contributed by atoms with Gasteiger partial charge in [0.15, 0.2) is 5.96 Å². The first-order valence-electron chi connectivity index (χ1n) is 6.91. The van der Waals surface area contributed by atoms with Crippen molar-refractivity contribution in [3.8, 4) is 0 Å². The normalized spacial score (nSPS) is 11.6. The predicted molar refractivity (Wildman–Crippen MR) is 88.5 cm³/mol. The van der Waals surface area contributed by atoms with Crippen LogP contribution in [0.5, 0.6) is 0 Å². The third-order valence-electron chi connectivity index (χ3n) is 3.10. The maximum absolute atomic E-state index is 5.90. The van der Waals surface area contributed by atoms with Gasteiger partial charge < -0.3 is 15.8 Å². The maximum atomic E-state index is 5.90. The molecule has 1 heterocycles. The molecule has 4 nitrogen and oxygen atoms in total. The van der Waals surface area contributed by atoms with Crippen molar-refractivity contribution in [3.63, 3.8) is 0 Å². The average molecular weight is 303 g/mol. The SMILES string of the molecule is COCc1ccccc1CN=C(N)NCCc1cccs1. The van der Waals surface area contributed by atoms with Crippen LogP contribution >= 0.6 is 11.3 Å². The van der Waals surface area contributed by atoms with E-state index in [0.717, 1.165) is 24.1 Å². The van der Waals surface area contributed by atoms with Gasteiger partial charge in [-0.15, -0.1) is 11.3 Å². The van der Waals surface area contributed by atoms with Crippen molar-refractivity contribution in [2.24, 2.45) is 10.7 Å². The van der Waals surface area contributed by atoms with Gasteiger partial charge in [0.25, 0.3) is 0 Å². The molecule has 2 aromatic rings. The molecule has 21 heavy (non-hydrogen) atoms. The van der Waals surface area contributed by atoms with Gasteiger partial charge >= 0.3 is 0 Å². The summed E-state index contributed by atoms with van der Waals surface area (Å²) in [6.07, 6.45) is 0.966. The van der Waals surface area contributed by atoms with Crippen LogP contribution in [0.25, 0.3) is 0 Å². The Labute approximate surface area is 129 Å². The lowest BCUT2D eigenvalue weighted by molar-refractivity contribution is 0.184. The fourth-order valence-corrected chi connectivity index (χ4v) is 2.71. The van der Waals surface area contributed by atoms with Crippen molar-refractivity contribution in [1.82, 2.24) is 5.32 Å². The van der Waals surface area contributed by atoms with E-state index >= 15 is 0 Å². The molecule has 0 atom stereocenters. The summed E-state index contributed by atoms with van der Waals surface area (Å²) in [5, 5.41) is 5.23. The topological polar surface area (TPSA) is 59.6 Å². The number of thiophene rings is 1. The molecule has 0 bridgehead atoms. The van der Waals surface area contributed by atoms with Gasteiger partial charge in [-0.1, -0.05) is 30.3 Å². The Hall–Kier alpha value is -1.85. The molecule has 0 saturated heterocycles. The van der Waals surface area contributed by atoms with Crippen molar-refractivity contribution < 1.29 is 4.74 Å². The van der Waals surface area contributed by atoms with Crippen LogP contribution in [0.2, 0.25) is 0 Å². The Kier molecular flexibility index (Phi) is 6.24. The zero-order valence-electron chi connectivity index (χ0n) is 12.2. The summed E-state index contributed by atoms with van der Waals surface area (Å²) in [6.45, 7) is 1.96. The Morgan fingerprint density at radius 3 is 2.76 bits per heavy atom. The number of rotatable bonds is 7. The Morgan fingerprint density at radius 2 is 2.05 bits per heavy atom. The van der Waals surface area contributed by atoms with Gasteiger partial charge in [0.1, 0.15) is 0 Å². The first-order chi connectivity index (χ1) is 10.3. The lowest BCUT2D eigenvalue weighted by atomic mass is 10.1. The van der Waals surface area contributed by atoms with E-state index in [4.69, 9.17) is 10.5 Å². The maximum Gasteiger partial charge on any atom is 0.188 e. The number of ether oxygens (including phenoxy) is 1. The number of hydrogen-bond acceptors (Lipinski definition) is 3. The van der Waals surface area contributed by atoms with Gasteiger partial charge in [0.2, 0.25) is 0 Å². The second-order valence-corrected chi connectivity index (χ2v) is 5.69. The quantitative estimate of drug-likeness (QED) is 0.610. The van der Waals surface area contributed by atoms with Crippen LogP contribution < -0.4 is 11.1 Å². The van der Waals surface area contributed by atoms with Crippen molar-refractivity contribution >= 4 is 17.3 Å². The van der Waals surface area contributed by atoms with Crippen LogP contribution in [-0.4, -0.2) is 19.6 Å². The molecule has 0 spiro atoms. The third-order valence-corrected chi connectivity index (χ3v) is 4.03. The molecule has 0 fully saturated rings. The molecule has 0 aliphatic carbocycles. The third kappa shape index (κ3) is 5.21. The van der Waals surface area contributed by atoms with E-state index in [-0.39, 0.29) is 0 Å². The summed E-state index contributed by atoms with van der Waals surface area (Å²) in [4.78, 5) is 5.74. The molecule has 0 saturated carbocycles. The Bertz CT molecular complexity index is 567. The van der Waals surface area contributed by atoms with Crippen LogP contribution in [0, 0.1) is 0 Å². The zero-order valence-corrected chi connectivity index (χ0v) is 13.0. The van der Waals surface area contributed by atoms with Gasteiger partial charge in [0, 0.05) is 18.5 Å². The Balaban J connectivity index is 1.82. The number of nitrogens with one attached hydrogen (secondary N) is 1. The molecule has 1 aromatic carbocycles. The number of guanidine groups is 1. The summed E-state index contributed by atoms with van der Waals surface area (Å²) in [5.41, 5.74) is 8.19. The number of benzene rings is 1. The van der Waals surface area contributed by atoms with E-state index in [2.05, 4.69) is 40.0 Å². The van der Waals surface area contributed by atoms with Gasteiger partial charge in [-0.05, 0) is 29.0 Å². The largest absolute Gasteiger partial charge is 0.380 e. The lowest BCUT2D eigenvalue weighted by Crippen LogP contribution is -2.33. The first-order valence-corrected chi connectivity index (χ1v) is 7.79. The minimum Gasteiger partial charge on any atom is -0.380 e. The highest BCUT2D eigenvalue weighted by atomic mass is 32.1. The highest BCUT2D eigenvalue weighted by Gasteiger charge is 2.01. The van der Waals surface area contributed by atoms with Crippen molar-refractivity contribution in [3.05, 3.63) is 57.8 Å². The van der Waals surface area contributed by atoms with E-state index < -0.39 is 0 Å². The molecule has 0 amide bonds. The average Bonchev–Trinajstić information content (AvgIpc) is 3.00. The van der Waals surface area contributed by atoms with Crippen LogP contribution in [-0.2, 0) is 24.3 Å². The molecule has 1 aromatic heterocycles. The second-order valence-electron chi connectivity index (χ2n) is 4.66. The number of hydrogen-bond donors (Lipinski definition) is 2. The summed E-state index contributed by atoms with van der Waals surface area (Å²) in [7, 11) is 1.69. The first kappa shape index (κ1) is 15.5. The summed E-state index contributed by atoms with van der Waals surface area (Å²) >= 11 is 1.76. The summed E-state index contributed by atoms with van der Waals surface area (Å²) < 4.78 is 5.19. The molecule has 0 aliphatic rings. The van der Waals surface area contributed by atoms with Crippen LogP contribution in [0.4, 0.5) is 0 Å². The highest BCUT2D eigenvalue weighted by Crippen LogP contribution is 2.11. The number of methoxy groups -OCH3 is 1. The van der Waals surface area contributed by atoms with E-state index in [0.29, 0.717) is 19.1 Å². The van der Waals surface area contributed by atoms with Crippen LogP contribution in [0.3, 0.4) is 0 Å². The number of aliphatic imine (C=N–C) groups is 1. The van der Waals surface area contributed by atoms with Gasteiger partial charge in [-0.3, -0.25) is 0 Å². The molecule has 5 heteroatoms. The van der Waals surface area contributed by atoms with E-state index in [9.17, 15) is 0 Å². The van der Waals surface area contributed by atoms with Crippen LogP contribution in [0.15, 0.2) is 46.8 Å². The highest BCUT2D eigenvalue weighted by molar-refractivity contribution is 7.09. The van der Waals surface area contributed by atoms with Gasteiger partial charge in [-0.2, -0.15) is 0 Å². The minimum atomic E-state index is 0.485. The molecule has 112 valence electrons. The molecule has 0 unspecified atom stereocenters. The molecule has 0 aliphatic heterocycles. The Morgan fingerprint density at radius 1 is 1.24 bits per heavy atom. The van der Waals surface area contributed by atoms with E-state index in [1.54, 1.807) is 18.4 Å². The molecule has 3 N–H and O–H groups in total. The monoisotopic (exact) mass is 303 g/mol. The lowest BCUT2D eigenvalue weighted by Gasteiger charge is -2.08. The zero-order chi connectivity index (χ0) is 14.9. The van der Waals surface area contributed by atoms with Crippen molar-refractivity contribution in [1.29, 1.82) is 0 Å². The summed E-state index contributed by atoms with van der Waals surface area (Å²) in [6, 6.07) is 12.3. The number of nitrogens with two attached hydrogens (primary N) is 1. The van der Waals surface area contributed by atoms with Crippen molar-refractivity contribution in [2.45, 2.75) is 19.6 Å². The molecular weight excluding hydrogens is 282 g/mol. The van der Waals surface area contributed by atoms with Gasteiger partial charge in [0.05, 0.1) is 13.2 Å². The molecular formula is C16H21N3OS. The molecule has 0 radical (unpaired) electrons. The predicted octanol–water partition coefficient (Wildman–Crippen LogP) is 2.54. The minimum absolute atomic E-state index is 0.485.